The normalized spacial score (nSPS) is 14.8. The number of carboxylic acids is 1. The fraction of sp³-hybridized carbons (Fsp3) is 0.286. The van der Waals surface area contributed by atoms with Crippen LogP contribution in [0.3, 0.4) is 0 Å². The van der Waals surface area contributed by atoms with Crippen LogP contribution in [-0.2, 0) is 6.42 Å². The lowest BCUT2D eigenvalue weighted by molar-refractivity contribution is 0.0695. The standard InChI is InChI=1S/C7H6N2O3/c10-6-2-1-5-4(7(11)12)3-8-9(5)6/h3H,1-2H2,(H,11,12). The van der Waals surface area contributed by atoms with Gasteiger partial charge in [-0.25, -0.2) is 9.48 Å². The van der Waals surface area contributed by atoms with E-state index >= 15 is 0 Å². The number of nitrogens with zero attached hydrogens (tertiary/aromatic N) is 2. The lowest BCUT2D eigenvalue weighted by Gasteiger charge is -1.90. The summed E-state index contributed by atoms with van der Waals surface area (Å²) in [6.07, 6.45) is 2.07. The third kappa shape index (κ3) is 0.761. The molecule has 2 heterocycles. The summed E-state index contributed by atoms with van der Waals surface area (Å²) >= 11 is 0. The van der Waals surface area contributed by atoms with Gasteiger partial charge in [0.1, 0.15) is 5.56 Å². The summed E-state index contributed by atoms with van der Waals surface area (Å²) in [6.45, 7) is 0. The van der Waals surface area contributed by atoms with Gasteiger partial charge in [-0.05, 0) is 6.42 Å². The Hall–Kier alpha value is -1.65. The van der Waals surface area contributed by atoms with Crippen molar-refractivity contribution in [2.45, 2.75) is 12.8 Å². The molecule has 62 valence electrons. The fourth-order valence-electron chi connectivity index (χ4n) is 1.34. The molecule has 0 unspecified atom stereocenters. The van der Waals surface area contributed by atoms with Gasteiger partial charge in [-0.3, -0.25) is 4.79 Å². The second-order valence-corrected chi connectivity index (χ2v) is 2.62. The summed E-state index contributed by atoms with van der Waals surface area (Å²) in [6, 6.07) is 0. The quantitative estimate of drug-likeness (QED) is 0.645. The molecule has 2 rings (SSSR count). The van der Waals surface area contributed by atoms with E-state index < -0.39 is 5.97 Å². The fourth-order valence-corrected chi connectivity index (χ4v) is 1.34. The zero-order valence-electron chi connectivity index (χ0n) is 6.15. The number of aromatic carboxylic acids is 1. The van der Waals surface area contributed by atoms with Gasteiger partial charge < -0.3 is 5.11 Å². The number of hydrogen-bond acceptors (Lipinski definition) is 3. The Balaban J connectivity index is 2.56. The van der Waals surface area contributed by atoms with Crippen molar-refractivity contribution in [2.75, 3.05) is 0 Å². The molecule has 0 amide bonds. The highest BCUT2D eigenvalue weighted by Gasteiger charge is 2.25. The summed E-state index contributed by atoms with van der Waals surface area (Å²) in [5.74, 6) is -1.15. The number of carbonyl (C=O) groups excluding carboxylic acids is 1. The molecule has 1 aliphatic rings. The molecule has 1 aromatic heterocycles. The molecule has 0 atom stereocenters. The maximum absolute atomic E-state index is 11.0. The highest BCUT2D eigenvalue weighted by molar-refractivity contribution is 5.92. The van der Waals surface area contributed by atoms with Gasteiger partial charge in [-0.2, -0.15) is 5.10 Å². The third-order valence-electron chi connectivity index (χ3n) is 1.91. The molecule has 0 saturated heterocycles. The number of carbonyl (C=O) groups is 2. The van der Waals surface area contributed by atoms with Crippen LogP contribution in [0.1, 0.15) is 27.3 Å². The predicted octanol–water partition coefficient (Wildman–Crippen LogP) is 0.168. The smallest absolute Gasteiger partial charge is 0.339 e. The first-order valence-corrected chi connectivity index (χ1v) is 3.53. The maximum atomic E-state index is 11.0. The molecule has 12 heavy (non-hydrogen) atoms. The molecule has 0 fully saturated rings. The first kappa shape index (κ1) is 7.02. The lowest BCUT2D eigenvalue weighted by atomic mass is 10.2. The van der Waals surface area contributed by atoms with E-state index in [9.17, 15) is 9.59 Å². The van der Waals surface area contributed by atoms with E-state index in [-0.39, 0.29) is 11.5 Å². The van der Waals surface area contributed by atoms with Crippen LogP contribution in [0.2, 0.25) is 0 Å². The minimum absolute atomic E-state index is 0.127. The van der Waals surface area contributed by atoms with Gasteiger partial charge in [0.15, 0.2) is 0 Å². The zero-order valence-corrected chi connectivity index (χ0v) is 6.15. The van der Waals surface area contributed by atoms with Gasteiger partial charge in [-0.1, -0.05) is 0 Å². The molecule has 0 spiro atoms. The molecule has 5 heteroatoms. The van der Waals surface area contributed by atoms with Crippen molar-refractivity contribution >= 4 is 11.9 Å². The van der Waals surface area contributed by atoms with E-state index in [0.29, 0.717) is 18.5 Å². The first-order valence-electron chi connectivity index (χ1n) is 3.53. The Bertz CT molecular complexity index is 367. The SMILES string of the molecule is O=C(O)c1cnn2c1CCC2=O. The summed E-state index contributed by atoms with van der Waals surface area (Å²) < 4.78 is 1.17. The highest BCUT2D eigenvalue weighted by Crippen LogP contribution is 2.17. The largest absolute Gasteiger partial charge is 0.478 e. The Kier molecular flexibility index (Phi) is 1.27. The van der Waals surface area contributed by atoms with Crippen molar-refractivity contribution in [3.05, 3.63) is 17.5 Å². The van der Waals surface area contributed by atoms with Gasteiger partial charge in [0, 0.05) is 6.42 Å². The number of aromatic nitrogens is 2. The van der Waals surface area contributed by atoms with Crippen molar-refractivity contribution in [2.24, 2.45) is 0 Å². The molecule has 0 saturated carbocycles. The van der Waals surface area contributed by atoms with Crippen LogP contribution < -0.4 is 0 Å². The zero-order chi connectivity index (χ0) is 8.72. The van der Waals surface area contributed by atoms with Crippen LogP contribution in [0.15, 0.2) is 6.20 Å². The Labute approximate surface area is 67.6 Å². The van der Waals surface area contributed by atoms with E-state index in [2.05, 4.69) is 5.10 Å². The molecular formula is C7H6N2O3. The molecular weight excluding hydrogens is 160 g/mol. The summed E-state index contributed by atoms with van der Waals surface area (Å²) in [5.41, 5.74) is 0.661. The Morgan fingerprint density at radius 1 is 1.58 bits per heavy atom. The van der Waals surface area contributed by atoms with Gasteiger partial charge in [0.25, 0.3) is 0 Å². The van der Waals surface area contributed by atoms with Gasteiger partial charge in [0.2, 0.25) is 5.91 Å². The number of hydrogen-bond donors (Lipinski definition) is 1. The second-order valence-electron chi connectivity index (χ2n) is 2.62. The molecule has 1 N–H and O–H groups in total. The second kappa shape index (κ2) is 2.17. The van der Waals surface area contributed by atoms with Crippen LogP contribution in [0.5, 0.6) is 0 Å². The van der Waals surface area contributed by atoms with Crippen molar-refractivity contribution in [1.29, 1.82) is 0 Å². The topological polar surface area (TPSA) is 72.2 Å². The van der Waals surface area contributed by atoms with Gasteiger partial charge in [0.05, 0.1) is 11.9 Å². The Morgan fingerprint density at radius 3 is 3.00 bits per heavy atom. The van der Waals surface area contributed by atoms with Crippen molar-refractivity contribution < 1.29 is 14.7 Å². The number of rotatable bonds is 1. The van der Waals surface area contributed by atoms with Crippen molar-refractivity contribution in [3.8, 4) is 0 Å². The number of fused-ring (bicyclic) bond motifs is 1. The average Bonchev–Trinajstić information content (AvgIpc) is 2.53. The summed E-state index contributed by atoms with van der Waals surface area (Å²) in [5, 5.41) is 12.3. The van der Waals surface area contributed by atoms with Crippen LogP contribution in [0.4, 0.5) is 0 Å². The van der Waals surface area contributed by atoms with Crippen molar-refractivity contribution in [3.63, 3.8) is 0 Å². The average molecular weight is 166 g/mol. The van der Waals surface area contributed by atoms with Crippen LogP contribution in [0.25, 0.3) is 0 Å². The molecule has 0 aromatic carbocycles. The lowest BCUT2D eigenvalue weighted by Crippen LogP contribution is -2.05. The van der Waals surface area contributed by atoms with Crippen LogP contribution in [-0.4, -0.2) is 26.8 Å². The summed E-state index contributed by atoms with van der Waals surface area (Å²) in [4.78, 5) is 21.6. The number of carboxylic acid groups (broad SMARTS) is 1. The maximum Gasteiger partial charge on any atom is 0.339 e. The van der Waals surface area contributed by atoms with E-state index in [1.165, 1.54) is 10.9 Å². The molecule has 1 aliphatic heterocycles. The van der Waals surface area contributed by atoms with Crippen molar-refractivity contribution in [1.82, 2.24) is 9.78 Å². The van der Waals surface area contributed by atoms with Crippen LogP contribution >= 0.6 is 0 Å². The minimum Gasteiger partial charge on any atom is -0.478 e. The minimum atomic E-state index is -1.02. The predicted molar refractivity (Wildman–Crippen MR) is 38.1 cm³/mol. The Morgan fingerprint density at radius 2 is 2.33 bits per heavy atom. The highest BCUT2D eigenvalue weighted by atomic mass is 16.4. The van der Waals surface area contributed by atoms with E-state index in [4.69, 9.17) is 5.11 Å². The van der Waals surface area contributed by atoms with Gasteiger partial charge >= 0.3 is 5.97 Å². The monoisotopic (exact) mass is 166 g/mol. The molecule has 0 radical (unpaired) electrons. The molecule has 0 bridgehead atoms. The van der Waals surface area contributed by atoms with Gasteiger partial charge in [-0.15, -0.1) is 0 Å². The van der Waals surface area contributed by atoms with Crippen LogP contribution in [0, 0.1) is 0 Å². The third-order valence-corrected chi connectivity index (χ3v) is 1.91. The molecule has 1 aromatic rings. The molecule has 0 aliphatic carbocycles. The van der Waals surface area contributed by atoms with E-state index in [0.717, 1.165) is 0 Å². The van der Waals surface area contributed by atoms with E-state index in [1.807, 2.05) is 0 Å². The van der Waals surface area contributed by atoms with E-state index in [1.54, 1.807) is 0 Å². The molecule has 5 nitrogen and oxygen atoms in total. The summed E-state index contributed by atoms with van der Waals surface area (Å²) in [7, 11) is 0. The first-order chi connectivity index (χ1) is 5.70.